The quantitative estimate of drug-likeness (QED) is 0.874. The highest BCUT2D eigenvalue weighted by Crippen LogP contribution is 2.24. The van der Waals surface area contributed by atoms with Crippen molar-refractivity contribution >= 4 is 33.2 Å². The van der Waals surface area contributed by atoms with Gasteiger partial charge >= 0.3 is 0 Å². The van der Waals surface area contributed by atoms with E-state index >= 15 is 0 Å². The monoisotopic (exact) mass is 345 g/mol. The molecule has 0 spiro atoms. The second kappa shape index (κ2) is 6.66. The molecule has 2 aromatic rings. The van der Waals surface area contributed by atoms with Crippen LogP contribution in [0.2, 0.25) is 10.0 Å². The van der Waals surface area contributed by atoms with Crippen LogP contribution in [0.15, 0.2) is 47.4 Å². The predicted molar refractivity (Wildman–Crippen MR) is 83.5 cm³/mol. The topological polar surface area (TPSA) is 66.4 Å². The Morgan fingerprint density at radius 1 is 1.00 bits per heavy atom. The molecular formula is C14H13Cl2NO3S. The number of nitrogens with one attached hydrogen (secondary N) is 1. The molecule has 2 rings (SSSR count). The molecular weight excluding hydrogens is 333 g/mol. The van der Waals surface area contributed by atoms with E-state index in [1.807, 2.05) is 0 Å². The van der Waals surface area contributed by atoms with E-state index in [1.54, 1.807) is 24.3 Å². The zero-order valence-electron chi connectivity index (χ0n) is 10.9. The van der Waals surface area contributed by atoms with Crippen molar-refractivity contribution in [2.24, 2.45) is 0 Å². The zero-order chi connectivity index (χ0) is 15.5. The van der Waals surface area contributed by atoms with Crippen molar-refractivity contribution in [3.05, 3.63) is 58.1 Å². The summed E-state index contributed by atoms with van der Waals surface area (Å²) in [4.78, 5) is 0.0719. The number of phenolic OH excluding ortho intramolecular Hbond substituents is 1. The number of hydrogen-bond acceptors (Lipinski definition) is 3. The normalized spacial score (nSPS) is 11.5. The average molecular weight is 346 g/mol. The number of halogens is 2. The lowest BCUT2D eigenvalue weighted by Gasteiger charge is -2.08. The van der Waals surface area contributed by atoms with Gasteiger partial charge in [-0.3, -0.25) is 0 Å². The van der Waals surface area contributed by atoms with Crippen LogP contribution in [0.3, 0.4) is 0 Å². The third-order valence-electron chi connectivity index (χ3n) is 2.84. The lowest BCUT2D eigenvalue weighted by Crippen LogP contribution is -2.26. The molecule has 112 valence electrons. The first-order chi connectivity index (χ1) is 9.88. The molecule has 2 N–H and O–H groups in total. The number of hydrogen-bond donors (Lipinski definition) is 2. The van der Waals surface area contributed by atoms with Crippen molar-refractivity contribution < 1.29 is 13.5 Å². The minimum atomic E-state index is -3.62. The standard InChI is InChI=1S/C14H13Cl2NO3S/c15-13-6-5-12(9-14(13)16)21(19,20)17-8-7-10-1-3-11(18)4-2-10/h1-6,9,17-18H,7-8H2. The highest BCUT2D eigenvalue weighted by Gasteiger charge is 2.14. The number of rotatable bonds is 5. The van der Waals surface area contributed by atoms with E-state index in [0.717, 1.165) is 5.56 Å². The van der Waals surface area contributed by atoms with Gasteiger partial charge in [0.1, 0.15) is 5.75 Å². The Hall–Kier alpha value is -1.27. The lowest BCUT2D eigenvalue weighted by molar-refractivity contribution is 0.475. The molecule has 21 heavy (non-hydrogen) atoms. The van der Waals surface area contributed by atoms with E-state index in [4.69, 9.17) is 23.2 Å². The van der Waals surface area contributed by atoms with E-state index in [1.165, 1.54) is 18.2 Å². The Morgan fingerprint density at radius 2 is 1.67 bits per heavy atom. The van der Waals surface area contributed by atoms with Crippen LogP contribution in [-0.4, -0.2) is 20.1 Å². The van der Waals surface area contributed by atoms with E-state index in [2.05, 4.69) is 4.72 Å². The smallest absolute Gasteiger partial charge is 0.240 e. The van der Waals surface area contributed by atoms with Gasteiger partial charge in [-0.15, -0.1) is 0 Å². The van der Waals surface area contributed by atoms with Gasteiger partial charge in [0.25, 0.3) is 0 Å². The predicted octanol–water partition coefficient (Wildman–Crippen LogP) is 3.22. The van der Waals surface area contributed by atoms with Crippen molar-refractivity contribution in [1.82, 2.24) is 4.72 Å². The highest BCUT2D eigenvalue weighted by atomic mass is 35.5. The second-order valence-corrected chi connectivity index (χ2v) is 6.97. The maximum absolute atomic E-state index is 12.1. The summed E-state index contributed by atoms with van der Waals surface area (Å²) < 4.78 is 26.7. The van der Waals surface area contributed by atoms with Crippen LogP contribution >= 0.6 is 23.2 Å². The fourth-order valence-electron chi connectivity index (χ4n) is 1.72. The molecule has 7 heteroatoms. The summed E-state index contributed by atoms with van der Waals surface area (Å²) in [7, 11) is -3.62. The molecule has 0 amide bonds. The summed E-state index contributed by atoms with van der Waals surface area (Å²) in [5, 5.41) is 9.67. The van der Waals surface area contributed by atoms with Gasteiger partial charge in [-0.25, -0.2) is 13.1 Å². The summed E-state index contributed by atoms with van der Waals surface area (Å²) in [6, 6.07) is 10.7. The van der Waals surface area contributed by atoms with E-state index in [0.29, 0.717) is 11.4 Å². The number of aromatic hydroxyl groups is 1. The maximum Gasteiger partial charge on any atom is 0.240 e. The van der Waals surface area contributed by atoms with Crippen molar-refractivity contribution in [1.29, 1.82) is 0 Å². The molecule has 0 aliphatic heterocycles. The van der Waals surface area contributed by atoms with Crippen molar-refractivity contribution in [3.8, 4) is 5.75 Å². The van der Waals surface area contributed by atoms with Gasteiger partial charge in [-0.2, -0.15) is 0 Å². The van der Waals surface area contributed by atoms with Gasteiger partial charge in [-0.1, -0.05) is 35.3 Å². The Morgan fingerprint density at radius 3 is 2.29 bits per heavy atom. The number of benzene rings is 2. The molecule has 0 radical (unpaired) electrons. The van der Waals surface area contributed by atoms with Gasteiger partial charge < -0.3 is 5.11 Å². The van der Waals surface area contributed by atoms with Crippen molar-refractivity contribution in [3.63, 3.8) is 0 Å². The molecule has 0 unspecified atom stereocenters. The molecule has 0 saturated heterocycles. The van der Waals surface area contributed by atoms with Crippen LogP contribution in [0.25, 0.3) is 0 Å². The third-order valence-corrected chi connectivity index (χ3v) is 5.04. The Balaban J connectivity index is 2.01. The SMILES string of the molecule is O=S(=O)(NCCc1ccc(O)cc1)c1ccc(Cl)c(Cl)c1. The van der Waals surface area contributed by atoms with E-state index in [9.17, 15) is 13.5 Å². The van der Waals surface area contributed by atoms with Crippen LogP contribution in [0.4, 0.5) is 0 Å². The fourth-order valence-corrected chi connectivity index (χ4v) is 3.14. The first-order valence-electron chi connectivity index (χ1n) is 6.11. The van der Waals surface area contributed by atoms with Crippen LogP contribution in [0, 0.1) is 0 Å². The molecule has 0 aromatic heterocycles. The van der Waals surface area contributed by atoms with Gasteiger partial charge in [-0.05, 0) is 42.3 Å². The molecule has 2 aromatic carbocycles. The second-order valence-electron chi connectivity index (χ2n) is 4.39. The van der Waals surface area contributed by atoms with Crippen molar-refractivity contribution in [2.75, 3.05) is 6.54 Å². The van der Waals surface area contributed by atoms with Gasteiger partial charge in [0, 0.05) is 6.54 Å². The van der Waals surface area contributed by atoms with Crippen LogP contribution in [0.5, 0.6) is 5.75 Å². The molecule has 0 aliphatic rings. The first-order valence-corrected chi connectivity index (χ1v) is 8.35. The van der Waals surface area contributed by atoms with Gasteiger partial charge in [0.2, 0.25) is 10.0 Å². The summed E-state index contributed by atoms with van der Waals surface area (Å²) in [5.41, 5.74) is 0.921. The maximum atomic E-state index is 12.1. The third kappa shape index (κ3) is 4.35. The largest absolute Gasteiger partial charge is 0.508 e. The molecule has 0 atom stereocenters. The summed E-state index contributed by atoms with van der Waals surface area (Å²) in [6.07, 6.45) is 0.515. The Bertz CT molecular complexity index is 730. The minimum Gasteiger partial charge on any atom is -0.508 e. The average Bonchev–Trinajstić information content (AvgIpc) is 2.44. The highest BCUT2D eigenvalue weighted by molar-refractivity contribution is 7.89. The molecule has 4 nitrogen and oxygen atoms in total. The Kier molecular flexibility index (Phi) is 5.11. The fraction of sp³-hybridized carbons (Fsp3) is 0.143. The van der Waals surface area contributed by atoms with Crippen molar-refractivity contribution in [2.45, 2.75) is 11.3 Å². The summed E-state index contributed by atoms with van der Waals surface area (Å²) in [5.74, 6) is 0.176. The Labute approximate surface area is 133 Å². The zero-order valence-corrected chi connectivity index (χ0v) is 13.2. The van der Waals surface area contributed by atoms with Crippen LogP contribution < -0.4 is 4.72 Å². The minimum absolute atomic E-state index is 0.0719. The molecule has 0 saturated carbocycles. The number of sulfonamides is 1. The molecule has 0 bridgehead atoms. The molecule has 0 fully saturated rings. The van der Waals surface area contributed by atoms with Crippen LogP contribution in [0.1, 0.15) is 5.56 Å². The molecule has 0 heterocycles. The van der Waals surface area contributed by atoms with Gasteiger partial charge in [0.05, 0.1) is 14.9 Å². The summed E-state index contributed by atoms with van der Waals surface area (Å²) >= 11 is 11.6. The van der Waals surface area contributed by atoms with Gasteiger partial charge in [0.15, 0.2) is 0 Å². The van der Waals surface area contributed by atoms with Crippen LogP contribution in [-0.2, 0) is 16.4 Å². The van der Waals surface area contributed by atoms with E-state index < -0.39 is 10.0 Å². The molecule has 0 aliphatic carbocycles. The first kappa shape index (κ1) is 16.1. The number of phenols is 1. The summed E-state index contributed by atoms with van der Waals surface area (Å²) in [6.45, 7) is 0.243. The van der Waals surface area contributed by atoms with E-state index in [-0.39, 0.29) is 22.2 Å². The lowest BCUT2D eigenvalue weighted by atomic mass is 10.1.